The number of hydrogen-bond donors (Lipinski definition) is 2. The number of nitrogens with one attached hydrogen (secondary N) is 1. The van der Waals surface area contributed by atoms with Crippen LogP contribution in [0.1, 0.15) is 5.56 Å². The summed E-state index contributed by atoms with van der Waals surface area (Å²) in [4.78, 5) is 0. The van der Waals surface area contributed by atoms with Crippen molar-refractivity contribution in [3.05, 3.63) is 29.8 Å². The fourth-order valence-electron chi connectivity index (χ4n) is 1.23. The van der Waals surface area contributed by atoms with Crippen LogP contribution in [0.4, 0.5) is 0 Å². The summed E-state index contributed by atoms with van der Waals surface area (Å²) in [5, 5.41) is 11.7. The van der Waals surface area contributed by atoms with E-state index in [2.05, 4.69) is 17.4 Å². The highest BCUT2D eigenvalue weighted by Crippen LogP contribution is 2.11. The van der Waals surface area contributed by atoms with E-state index in [1.807, 2.05) is 12.1 Å². The lowest BCUT2D eigenvalue weighted by Crippen LogP contribution is -2.20. The lowest BCUT2D eigenvalue weighted by molar-refractivity contribution is 0.293. The first-order valence-electron chi connectivity index (χ1n) is 4.81. The zero-order valence-electron chi connectivity index (χ0n) is 8.90. The summed E-state index contributed by atoms with van der Waals surface area (Å²) < 4.78 is 5.06. The quantitative estimate of drug-likeness (QED) is 0.724. The highest BCUT2D eigenvalue weighted by molar-refractivity contribution is 5.85. The Bertz CT molecular complexity index is 251. The van der Waals surface area contributed by atoms with E-state index in [4.69, 9.17) is 9.84 Å². The molecule has 0 aliphatic rings. The smallest absolute Gasteiger partial charge is 0.118 e. The first kappa shape index (κ1) is 14.2. The van der Waals surface area contributed by atoms with Crippen LogP contribution < -0.4 is 10.1 Å². The van der Waals surface area contributed by atoms with Crippen molar-refractivity contribution < 1.29 is 9.84 Å². The highest BCUT2D eigenvalue weighted by atomic mass is 35.5. The van der Waals surface area contributed by atoms with Crippen LogP contribution >= 0.6 is 12.4 Å². The van der Waals surface area contributed by atoms with Crippen molar-refractivity contribution in [2.24, 2.45) is 0 Å². The number of aliphatic hydroxyl groups is 1. The van der Waals surface area contributed by atoms with Gasteiger partial charge < -0.3 is 15.2 Å². The third-order valence-electron chi connectivity index (χ3n) is 2.04. The predicted molar refractivity (Wildman–Crippen MR) is 63.9 cm³/mol. The van der Waals surface area contributed by atoms with Crippen molar-refractivity contribution in [1.29, 1.82) is 0 Å². The Balaban J connectivity index is 0.00000196. The molecule has 86 valence electrons. The molecule has 0 radical (unpaired) electrons. The summed E-state index contributed by atoms with van der Waals surface area (Å²) >= 11 is 0. The van der Waals surface area contributed by atoms with Crippen molar-refractivity contribution in [3.63, 3.8) is 0 Å². The standard InChI is InChI=1S/C11H17NO2.ClH/c1-14-11-4-2-10(3-5-11)6-7-12-8-9-13;/h2-5,12-13H,6-9H2,1H3;1H. The van der Waals surface area contributed by atoms with E-state index < -0.39 is 0 Å². The molecule has 0 heterocycles. The Morgan fingerprint density at radius 3 is 2.40 bits per heavy atom. The van der Waals surface area contributed by atoms with E-state index in [1.54, 1.807) is 7.11 Å². The number of ether oxygens (including phenoxy) is 1. The van der Waals surface area contributed by atoms with Crippen LogP contribution in [-0.2, 0) is 6.42 Å². The summed E-state index contributed by atoms with van der Waals surface area (Å²) in [6, 6.07) is 8.03. The fourth-order valence-corrected chi connectivity index (χ4v) is 1.23. The number of aliphatic hydroxyl groups excluding tert-OH is 1. The largest absolute Gasteiger partial charge is 0.497 e. The second kappa shape index (κ2) is 8.53. The predicted octanol–water partition coefficient (Wildman–Crippen LogP) is 1.24. The zero-order valence-corrected chi connectivity index (χ0v) is 9.72. The number of rotatable bonds is 6. The molecule has 0 unspecified atom stereocenters. The Morgan fingerprint density at radius 1 is 1.20 bits per heavy atom. The van der Waals surface area contributed by atoms with E-state index in [1.165, 1.54) is 5.56 Å². The lowest BCUT2D eigenvalue weighted by Gasteiger charge is -2.04. The molecule has 4 heteroatoms. The fraction of sp³-hybridized carbons (Fsp3) is 0.455. The Kier molecular flexibility index (Phi) is 8.09. The minimum atomic E-state index is 0. The van der Waals surface area contributed by atoms with Gasteiger partial charge in [-0.3, -0.25) is 0 Å². The van der Waals surface area contributed by atoms with Crippen molar-refractivity contribution in [3.8, 4) is 5.75 Å². The zero-order chi connectivity index (χ0) is 10.2. The molecule has 15 heavy (non-hydrogen) atoms. The van der Waals surface area contributed by atoms with Crippen molar-refractivity contribution in [1.82, 2.24) is 5.32 Å². The van der Waals surface area contributed by atoms with E-state index in [0.29, 0.717) is 6.54 Å². The molecule has 0 fully saturated rings. The minimum absolute atomic E-state index is 0. The molecule has 0 saturated heterocycles. The number of methoxy groups -OCH3 is 1. The van der Waals surface area contributed by atoms with Gasteiger partial charge in [0.05, 0.1) is 13.7 Å². The van der Waals surface area contributed by atoms with Gasteiger partial charge in [0.1, 0.15) is 5.75 Å². The molecule has 0 amide bonds. The maximum absolute atomic E-state index is 8.55. The number of halogens is 1. The second-order valence-corrected chi connectivity index (χ2v) is 3.07. The average Bonchev–Trinajstić information content (AvgIpc) is 2.25. The molecular formula is C11H18ClNO2. The van der Waals surface area contributed by atoms with Gasteiger partial charge in [-0.15, -0.1) is 12.4 Å². The topological polar surface area (TPSA) is 41.5 Å². The second-order valence-electron chi connectivity index (χ2n) is 3.07. The summed E-state index contributed by atoms with van der Waals surface area (Å²) in [6.07, 6.45) is 0.976. The Hall–Kier alpha value is -0.770. The van der Waals surface area contributed by atoms with E-state index in [0.717, 1.165) is 18.7 Å². The third-order valence-corrected chi connectivity index (χ3v) is 2.04. The van der Waals surface area contributed by atoms with Crippen LogP contribution in [0.5, 0.6) is 5.75 Å². The molecule has 0 saturated carbocycles. The van der Waals surface area contributed by atoms with Gasteiger partial charge in [-0.1, -0.05) is 12.1 Å². The molecule has 0 aliphatic heterocycles. The molecule has 1 aromatic rings. The molecule has 0 aliphatic carbocycles. The van der Waals surface area contributed by atoms with Crippen LogP contribution in [0.25, 0.3) is 0 Å². The Labute approximate surface area is 96.9 Å². The normalized spacial score (nSPS) is 9.47. The lowest BCUT2D eigenvalue weighted by atomic mass is 10.1. The molecule has 1 rings (SSSR count). The SMILES string of the molecule is COc1ccc(CCNCCO)cc1.Cl. The number of benzene rings is 1. The van der Waals surface area contributed by atoms with E-state index in [-0.39, 0.29) is 19.0 Å². The maximum atomic E-state index is 8.55. The molecule has 1 aromatic carbocycles. The molecule has 0 atom stereocenters. The molecule has 2 N–H and O–H groups in total. The van der Waals surface area contributed by atoms with Gasteiger partial charge in [0.15, 0.2) is 0 Å². The molecule has 3 nitrogen and oxygen atoms in total. The van der Waals surface area contributed by atoms with Gasteiger partial charge in [-0.2, -0.15) is 0 Å². The summed E-state index contributed by atoms with van der Waals surface area (Å²) in [5.74, 6) is 0.886. The van der Waals surface area contributed by atoms with Crippen molar-refractivity contribution >= 4 is 12.4 Å². The van der Waals surface area contributed by atoms with Gasteiger partial charge in [-0.25, -0.2) is 0 Å². The summed E-state index contributed by atoms with van der Waals surface area (Å²) in [5.41, 5.74) is 1.27. The van der Waals surface area contributed by atoms with Crippen LogP contribution in [0, 0.1) is 0 Å². The first-order valence-corrected chi connectivity index (χ1v) is 4.81. The summed E-state index contributed by atoms with van der Waals surface area (Å²) in [7, 11) is 1.66. The number of hydrogen-bond acceptors (Lipinski definition) is 3. The van der Waals surface area contributed by atoms with Crippen molar-refractivity contribution in [2.45, 2.75) is 6.42 Å². The maximum Gasteiger partial charge on any atom is 0.118 e. The van der Waals surface area contributed by atoms with Crippen LogP contribution in [0.15, 0.2) is 24.3 Å². The van der Waals surface area contributed by atoms with Crippen molar-refractivity contribution in [2.75, 3.05) is 26.8 Å². The minimum Gasteiger partial charge on any atom is -0.497 e. The van der Waals surface area contributed by atoms with Gasteiger partial charge in [0.25, 0.3) is 0 Å². The van der Waals surface area contributed by atoms with Gasteiger partial charge in [0.2, 0.25) is 0 Å². The Morgan fingerprint density at radius 2 is 1.87 bits per heavy atom. The molecular weight excluding hydrogens is 214 g/mol. The van der Waals surface area contributed by atoms with Crippen LogP contribution in [0.2, 0.25) is 0 Å². The average molecular weight is 232 g/mol. The molecule has 0 aromatic heterocycles. The van der Waals surface area contributed by atoms with Crippen LogP contribution in [0.3, 0.4) is 0 Å². The highest BCUT2D eigenvalue weighted by Gasteiger charge is 1.93. The van der Waals surface area contributed by atoms with E-state index >= 15 is 0 Å². The van der Waals surface area contributed by atoms with Gasteiger partial charge >= 0.3 is 0 Å². The van der Waals surface area contributed by atoms with Gasteiger partial charge in [-0.05, 0) is 30.7 Å². The molecule has 0 bridgehead atoms. The third kappa shape index (κ3) is 5.62. The van der Waals surface area contributed by atoms with Gasteiger partial charge in [0, 0.05) is 6.54 Å². The van der Waals surface area contributed by atoms with Crippen LogP contribution in [-0.4, -0.2) is 31.9 Å². The summed E-state index contributed by atoms with van der Waals surface area (Å²) in [6.45, 7) is 1.76. The first-order chi connectivity index (χ1) is 6.86. The monoisotopic (exact) mass is 231 g/mol. The molecule has 0 spiro atoms. The van der Waals surface area contributed by atoms with E-state index in [9.17, 15) is 0 Å².